The molecule has 1 amide bonds. The Hall–Kier alpha value is -3.23. The molecule has 1 fully saturated rings. The number of hydrogen-bond acceptors (Lipinski definition) is 6. The van der Waals surface area contributed by atoms with Gasteiger partial charge < -0.3 is 9.84 Å². The van der Waals surface area contributed by atoms with Crippen LogP contribution < -0.4 is 9.64 Å². The lowest BCUT2D eigenvalue weighted by Gasteiger charge is -2.14. The third kappa shape index (κ3) is 3.72. The van der Waals surface area contributed by atoms with Crippen LogP contribution in [-0.4, -0.2) is 33.4 Å². The van der Waals surface area contributed by atoms with Gasteiger partial charge in [-0.1, -0.05) is 30.0 Å². The fourth-order valence-corrected chi connectivity index (χ4v) is 4.19. The highest BCUT2D eigenvalue weighted by Gasteiger charge is 2.33. The molecule has 29 heavy (non-hydrogen) atoms. The predicted molar refractivity (Wildman–Crippen MR) is 117 cm³/mol. The zero-order valence-corrected chi connectivity index (χ0v) is 16.8. The molecule has 1 aliphatic rings. The van der Waals surface area contributed by atoms with Gasteiger partial charge in [-0.25, -0.2) is 9.78 Å². The summed E-state index contributed by atoms with van der Waals surface area (Å²) < 4.78 is 5.60. The maximum absolute atomic E-state index is 12.9. The number of carbonyl (C=O) groups is 2. The van der Waals surface area contributed by atoms with Crippen molar-refractivity contribution in [1.29, 1.82) is 0 Å². The summed E-state index contributed by atoms with van der Waals surface area (Å²) in [7, 11) is 1.61. The van der Waals surface area contributed by atoms with Crippen molar-refractivity contribution >= 4 is 62.8 Å². The van der Waals surface area contributed by atoms with E-state index in [1.165, 1.54) is 28.8 Å². The Morgan fingerprint density at radius 2 is 1.93 bits per heavy atom. The van der Waals surface area contributed by atoms with Crippen molar-refractivity contribution in [3.8, 4) is 5.75 Å². The Labute approximate surface area is 175 Å². The zero-order valence-electron chi connectivity index (χ0n) is 15.2. The predicted octanol–water partition coefficient (Wildman–Crippen LogP) is 4.35. The number of carboxylic acid groups (broad SMARTS) is 1. The molecule has 2 aromatic carbocycles. The Kier molecular flexibility index (Phi) is 5.04. The Balaban J connectivity index is 1.63. The number of amides is 1. The van der Waals surface area contributed by atoms with Gasteiger partial charge in [-0.05, 0) is 54.6 Å². The van der Waals surface area contributed by atoms with E-state index in [1.54, 1.807) is 25.3 Å². The molecule has 2 heterocycles. The van der Waals surface area contributed by atoms with Gasteiger partial charge in [-0.3, -0.25) is 9.69 Å². The van der Waals surface area contributed by atoms with Crippen molar-refractivity contribution in [3.63, 3.8) is 0 Å². The number of benzene rings is 2. The minimum Gasteiger partial charge on any atom is -0.497 e. The number of aromatic carboxylic acids is 1. The molecule has 3 aromatic rings. The molecular weight excluding hydrogens is 408 g/mol. The van der Waals surface area contributed by atoms with Gasteiger partial charge in [0, 0.05) is 5.39 Å². The standard InChI is InChI=1S/C21H14N2O4S2/c1-27-16-8-9-17-13(10-16)2-5-14(22-17)11-18-19(24)23(21(28)29-18)15-6-3-12(4-7-15)20(25)26/h2-11H,1H3,(H,25,26)/b18-11-. The van der Waals surface area contributed by atoms with E-state index in [-0.39, 0.29) is 11.5 Å². The smallest absolute Gasteiger partial charge is 0.335 e. The van der Waals surface area contributed by atoms with Gasteiger partial charge >= 0.3 is 5.97 Å². The first-order chi connectivity index (χ1) is 14.0. The Morgan fingerprint density at radius 3 is 2.62 bits per heavy atom. The Bertz CT molecular complexity index is 1190. The molecule has 144 valence electrons. The van der Waals surface area contributed by atoms with Crippen LogP contribution in [0.3, 0.4) is 0 Å². The van der Waals surface area contributed by atoms with Crippen LogP contribution in [0.15, 0.2) is 59.5 Å². The number of anilines is 1. The lowest BCUT2D eigenvalue weighted by atomic mass is 10.2. The second-order valence-corrected chi connectivity index (χ2v) is 7.84. The summed E-state index contributed by atoms with van der Waals surface area (Å²) >= 11 is 6.54. The number of carboxylic acids is 1. The van der Waals surface area contributed by atoms with Crippen LogP contribution >= 0.6 is 24.0 Å². The number of rotatable bonds is 4. The van der Waals surface area contributed by atoms with Crippen LogP contribution in [0, 0.1) is 0 Å². The molecule has 0 unspecified atom stereocenters. The fourth-order valence-electron chi connectivity index (χ4n) is 2.90. The molecule has 0 aliphatic carbocycles. The number of ether oxygens (including phenoxy) is 1. The quantitative estimate of drug-likeness (QED) is 0.495. The molecule has 6 nitrogen and oxygen atoms in total. The highest BCUT2D eigenvalue weighted by atomic mass is 32.2. The molecule has 0 bridgehead atoms. The first kappa shape index (κ1) is 19.1. The number of methoxy groups -OCH3 is 1. The van der Waals surface area contributed by atoms with E-state index in [4.69, 9.17) is 22.1 Å². The topological polar surface area (TPSA) is 79.7 Å². The highest BCUT2D eigenvalue weighted by molar-refractivity contribution is 8.27. The number of fused-ring (bicyclic) bond motifs is 1. The molecule has 1 saturated heterocycles. The van der Waals surface area contributed by atoms with E-state index < -0.39 is 5.97 Å². The van der Waals surface area contributed by atoms with Gasteiger partial charge in [-0.2, -0.15) is 0 Å². The van der Waals surface area contributed by atoms with Crippen molar-refractivity contribution in [2.75, 3.05) is 12.0 Å². The van der Waals surface area contributed by atoms with Gasteiger partial charge in [-0.15, -0.1) is 0 Å². The van der Waals surface area contributed by atoms with E-state index in [2.05, 4.69) is 4.98 Å². The van der Waals surface area contributed by atoms with Crippen LogP contribution in [0.5, 0.6) is 5.75 Å². The summed E-state index contributed by atoms with van der Waals surface area (Å²) in [5.41, 5.74) is 2.11. The van der Waals surface area contributed by atoms with Gasteiger partial charge in [0.1, 0.15) is 5.75 Å². The average Bonchev–Trinajstić information content (AvgIpc) is 3.00. The molecule has 0 spiro atoms. The number of thioether (sulfide) groups is 1. The van der Waals surface area contributed by atoms with E-state index in [9.17, 15) is 9.59 Å². The van der Waals surface area contributed by atoms with Crippen LogP contribution in [0.2, 0.25) is 0 Å². The summed E-state index contributed by atoms with van der Waals surface area (Å²) in [5, 5.41) is 9.96. The minimum absolute atomic E-state index is 0.145. The number of nitrogens with zero attached hydrogens (tertiary/aromatic N) is 2. The molecule has 0 atom stereocenters. The molecule has 1 aliphatic heterocycles. The van der Waals surface area contributed by atoms with E-state index in [0.717, 1.165) is 16.7 Å². The summed E-state index contributed by atoms with van der Waals surface area (Å²) in [4.78, 5) is 30.3. The molecule has 8 heteroatoms. The SMILES string of the molecule is COc1ccc2nc(/C=C3\SC(=S)N(c4ccc(C(=O)O)cc4)C3=O)ccc2c1. The number of carbonyl (C=O) groups excluding carboxylic acids is 1. The summed E-state index contributed by atoms with van der Waals surface area (Å²) in [6.07, 6.45) is 1.70. The summed E-state index contributed by atoms with van der Waals surface area (Å²) in [6, 6.07) is 15.4. The van der Waals surface area contributed by atoms with E-state index in [0.29, 0.717) is 20.6 Å². The first-order valence-electron chi connectivity index (χ1n) is 8.52. The van der Waals surface area contributed by atoms with E-state index in [1.807, 2.05) is 30.3 Å². The second-order valence-electron chi connectivity index (χ2n) is 6.16. The minimum atomic E-state index is -1.03. The largest absolute Gasteiger partial charge is 0.497 e. The van der Waals surface area contributed by atoms with Crippen molar-refractivity contribution in [2.45, 2.75) is 0 Å². The van der Waals surface area contributed by atoms with E-state index >= 15 is 0 Å². The number of thiocarbonyl (C=S) groups is 1. The first-order valence-corrected chi connectivity index (χ1v) is 9.75. The third-order valence-electron chi connectivity index (χ3n) is 4.36. The average molecular weight is 422 g/mol. The lowest BCUT2D eigenvalue weighted by Crippen LogP contribution is -2.27. The van der Waals surface area contributed by atoms with Gasteiger partial charge in [0.05, 0.1) is 34.5 Å². The third-order valence-corrected chi connectivity index (χ3v) is 5.67. The lowest BCUT2D eigenvalue weighted by molar-refractivity contribution is -0.113. The number of hydrogen-bond donors (Lipinski definition) is 1. The zero-order chi connectivity index (χ0) is 20.5. The normalized spacial score (nSPS) is 15.3. The van der Waals surface area contributed by atoms with Crippen LogP contribution in [0.1, 0.15) is 16.1 Å². The highest BCUT2D eigenvalue weighted by Crippen LogP contribution is 2.36. The van der Waals surface area contributed by atoms with Gasteiger partial charge in [0.2, 0.25) is 0 Å². The van der Waals surface area contributed by atoms with Gasteiger partial charge in [0.15, 0.2) is 4.32 Å². The monoisotopic (exact) mass is 422 g/mol. The molecule has 0 saturated carbocycles. The van der Waals surface area contributed by atoms with Crippen LogP contribution in [0.25, 0.3) is 17.0 Å². The second kappa shape index (κ2) is 7.65. The molecule has 1 N–H and O–H groups in total. The van der Waals surface area contributed by atoms with Crippen molar-refractivity contribution in [3.05, 3.63) is 70.8 Å². The number of aromatic nitrogens is 1. The fraction of sp³-hybridized carbons (Fsp3) is 0.0476. The maximum atomic E-state index is 12.9. The maximum Gasteiger partial charge on any atom is 0.335 e. The Morgan fingerprint density at radius 1 is 1.17 bits per heavy atom. The summed E-state index contributed by atoms with van der Waals surface area (Å²) in [5.74, 6) is -0.539. The molecule has 4 rings (SSSR count). The number of pyridine rings is 1. The summed E-state index contributed by atoms with van der Waals surface area (Å²) in [6.45, 7) is 0. The molecule has 1 aromatic heterocycles. The van der Waals surface area contributed by atoms with Crippen molar-refractivity contribution in [2.24, 2.45) is 0 Å². The molecular formula is C21H14N2O4S2. The van der Waals surface area contributed by atoms with Gasteiger partial charge in [0.25, 0.3) is 5.91 Å². The molecule has 0 radical (unpaired) electrons. The van der Waals surface area contributed by atoms with Crippen LogP contribution in [-0.2, 0) is 4.79 Å². The van der Waals surface area contributed by atoms with Crippen LogP contribution in [0.4, 0.5) is 5.69 Å². The van der Waals surface area contributed by atoms with Crippen molar-refractivity contribution in [1.82, 2.24) is 4.98 Å². The van der Waals surface area contributed by atoms with Crippen molar-refractivity contribution < 1.29 is 19.4 Å².